The zero-order valence-corrected chi connectivity index (χ0v) is 13.4. The standard InChI is InChI=1S/C17H29NO2/c1-12(2)10-14-15(17(14,3)4)16(19)18-8-5-9-20-11-13-6-7-13/h10,13-15H,5-9,11H2,1-4H3,(H,18,19). The summed E-state index contributed by atoms with van der Waals surface area (Å²) >= 11 is 0. The zero-order valence-electron chi connectivity index (χ0n) is 13.4. The van der Waals surface area contributed by atoms with Gasteiger partial charge in [-0.3, -0.25) is 4.79 Å². The van der Waals surface area contributed by atoms with Crippen LogP contribution in [-0.2, 0) is 9.53 Å². The second-order valence-electron chi connectivity index (χ2n) is 7.23. The molecule has 2 aliphatic carbocycles. The van der Waals surface area contributed by atoms with Crippen molar-refractivity contribution in [3.05, 3.63) is 11.6 Å². The number of hydrogen-bond donors (Lipinski definition) is 1. The lowest BCUT2D eigenvalue weighted by Crippen LogP contribution is -2.28. The van der Waals surface area contributed by atoms with Crippen LogP contribution in [0.4, 0.5) is 0 Å². The van der Waals surface area contributed by atoms with Gasteiger partial charge in [0.15, 0.2) is 0 Å². The summed E-state index contributed by atoms with van der Waals surface area (Å²) in [5, 5.41) is 3.06. The normalized spacial score (nSPS) is 27.0. The van der Waals surface area contributed by atoms with Crippen LogP contribution in [-0.4, -0.2) is 25.7 Å². The predicted octanol–water partition coefficient (Wildman–Crippen LogP) is 3.16. The van der Waals surface area contributed by atoms with Crippen LogP contribution in [0.3, 0.4) is 0 Å². The summed E-state index contributed by atoms with van der Waals surface area (Å²) in [6.07, 6.45) is 5.82. The van der Waals surface area contributed by atoms with Crippen molar-refractivity contribution in [2.24, 2.45) is 23.2 Å². The summed E-state index contributed by atoms with van der Waals surface area (Å²) in [6, 6.07) is 0. The minimum absolute atomic E-state index is 0.115. The molecular weight excluding hydrogens is 250 g/mol. The molecule has 0 aromatic rings. The van der Waals surface area contributed by atoms with Gasteiger partial charge in [-0.15, -0.1) is 0 Å². The maximum atomic E-state index is 12.2. The van der Waals surface area contributed by atoms with Gasteiger partial charge >= 0.3 is 0 Å². The molecule has 0 aromatic carbocycles. The van der Waals surface area contributed by atoms with E-state index in [1.165, 1.54) is 18.4 Å². The minimum atomic E-state index is 0.115. The van der Waals surface area contributed by atoms with Gasteiger partial charge in [0, 0.05) is 19.8 Å². The monoisotopic (exact) mass is 279 g/mol. The fourth-order valence-corrected chi connectivity index (χ4v) is 2.88. The third kappa shape index (κ3) is 4.08. The summed E-state index contributed by atoms with van der Waals surface area (Å²) in [7, 11) is 0. The molecule has 2 aliphatic rings. The summed E-state index contributed by atoms with van der Waals surface area (Å²) in [5.41, 5.74) is 1.41. The SMILES string of the molecule is CC(C)=CC1C(C(=O)NCCCOCC2CC2)C1(C)C. The summed E-state index contributed by atoms with van der Waals surface area (Å²) in [6.45, 7) is 11.0. The van der Waals surface area contributed by atoms with E-state index in [2.05, 4.69) is 39.1 Å². The molecule has 2 rings (SSSR count). The average molecular weight is 279 g/mol. The van der Waals surface area contributed by atoms with Crippen molar-refractivity contribution in [2.75, 3.05) is 19.8 Å². The van der Waals surface area contributed by atoms with Crippen LogP contribution >= 0.6 is 0 Å². The van der Waals surface area contributed by atoms with E-state index in [-0.39, 0.29) is 17.2 Å². The van der Waals surface area contributed by atoms with Gasteiger partial charge < -0.3 is 10.1 Å². The summed E-state index contributed by atoms with van der Waals surface area (Å²) < 4.78 is 5.57. The number of ether oxygens (including phenoxy) is 1. The van der Waals surface area contributed by atoms with Crippen LogP contribution < -0.4 is 5.32 Å². The van der Waals surface area contributed by atoms with E-state index >= 15 is 0 Å². The molecule has 0 saturated heterocycles. The van der Waals surface area contributed by atoms with Gasteiger partial charge in [-0.25, -0.2) is 0 Å². The Morgan fingerprint density at radius 1 is 1.35 bits per heavy atom. The average Bonchev–Trinajstić information content (AvgIpc) is 3.23. The van der Waals surface area contributed by atoms with Gasteiger partial charge in [0.05, 0.1) is 5.92 Å². The Kier molecular flexibility index (Phi) is 4.90. The number of hydrogen-bond acceptors (Lipinski definition) is 2. The molecule has 0 aromatic heterocycles. The number of rotatable bonds is 8. The van der Waals surface area contributed by atoms with E-state index in [0.717, 1.165) is 32.1 Å². The van der Waals surface area contributed by atoms with E-state index in [4.69, 9.17) is 4.74 Å². The first-order valence-corrected chi connectivity index (χ1v) is 7.93. The molecule has 1 N–H and O–H groups in total. The molecule has 1 amide bonds. The van der Waals surface area contributed by atoms with Crippen LogP contribution in [0.2, 0.25) is 0 Å². The Bertz CT molecular complexity index is 378. The van der Waals surface area contributed by atoms with Crippen molar-refractivity contribution < 1.29 is 9.53 Å². The molecule has 2 atom stereocenters. The molecule has 0 radical (unpaired) electrons. The van der Waals surface area contributed by atoms with E-state index in [9.17, 15) is 4.79 Å². The zero-order chi connectivity index (χ0) is 14.8. The lowest BCUT2D eigenvalue weighted by atomic mass is 10.1. The Labute approximate surface area is 123 Å². The Morgan fingerprint density at radius 2 is 2.05 bits per heavy atom. The van der Waals surface area contributed by atoms with Crippen molar-refractivity contribution in [1.82, 2.24) is 5.32 Å². The maximum Gasteiger partial charge on any atom is 0.224 e. The molecule has 3 nitrogen and oxygen atoms in total. The van der Waals surface area contributed by atoms with Crippen LogP contribution in [0, 0.1) is 23.2 Å². The van der Waals surface area contributed by atoms with Gasteiger partial charge in [0.1, 0.15) is 0 Å². The highest BCUT2D eigenvalue weighted by molar-refractivity contribution is 5.83. The fraction of sp³-hybridized carbons (Fsp3) is 0.824. The molecule has 3 heteroatoms. The van der Waals surface area contributed by atoms with Gasteiger partial charge in [0.2, 0.25) is 5.91 Å². The lowest BCUT2D eigenvalue weighted by molar-refractivity contribution is -0.123. The molecule has 114 valence electrons. The highest BCUT2D eigenvalue weighted by Crippen LogP contribution is 2.59. The van der Waals surface area contributed by atoms with Crippen molar-refractivity contribution in [3.8, 4) is 0 Å². The second-order valence-corrected chi connectivity index (χ2v) is 7.23. The first-order chi connectivity index (χ1) is 9.43. The van der Waals surface area contributed by atoms with E-state index in [1.807, 2.05) is 0 Å². The molecule has 2 fully saturated rings. The van der Waals surface area contributed by atoms with Gasteiger partial charge in [-0.05, 0) is 50.4 Å². The van der Waals surface area contributed by atoms with E-state index < -0.39 is 0 Å². The molecule has 0 heterocycles. The molecule has 0 aliphatic heterocycles. The maximum absolute atomic E-state index is 12.2. The van der Waals surface area contributed by atoms with Crippen LogP contribution in [0.25, 0.3) is 0 Å². The fourth-order valence-electron chi connectivity index (χ4n) is 2.88. The van der Waals surface area contributed by atoms with Crippen LogP contribution in [0.15, 0.2) is 11.6 Å². The topological polar surface area (TPSA) is 38.3 Å². The third-order valence-electron chi connectivity index (χ3n) is 4.52. The number of amides is 1. The highest BCUT2D eigenvalue weighted by Gasteiger charge is 2.60. The molecule has 0 bridgehead atoms. The largest absolute Gasteiger partial charge is 0.381 e. The molecule has 2 unspecified atom stereocenters. The Hall–Kier alpha value is -0.830. The Morgan fingerprint density at radius 3 is 2.65 bits per heavy atom. The quantitative estimate of drug-likeness (QED) is 0.547. The molecule has 0 spiro atoms. The minimum Gasteiger partial charge on any atom is -0.381 e. The van der Waals surface area contributed by atoms with Gasteiger partial charge in [-0.1, -0.05) is 25.5 Å². The summed E-state index contributed by atoms with van der Waals surface area (Å²) in [4.78, 5) is 12.2. The summed E-state index contributed by atoms with van der Waals surface area (Å²) in [5.74, 6) is 1.57. The highest BCUT2D eigenvalue weighted by atomic mass is 16.5. The second kappa shape index (κ2) is 6.30. The van der Waals surface area contributed by atoms with Gasteiger partial charge in [0.25, 0.3) is 0 Å². The van der Waals surface area contributed by atoms with Crippen molar-refractivity contribution >= 4 is 5.91 Å². The van der Waals surface area contributed by atoms with Crippen molar-refractivity contribution in [3.63, 3.8) is 0 Å². The molecule has 2 saturated carbocycles. The van der Waals surface area contributed by atoms with Gasteiger partial charge in [-0.2, -0.15) is 0 Å². The smallest absolute Gasteiger partial charge is 0.224 e. The first-order valence-electron chi connectivity index (χ1n) is 7.93. The van der Waals surface area contributed by atoms with E-state index in [1.54, 1.807) is 0 Å². The molecular formula is C17H29NO2. The molecule has 20 heavy (non-hydrogen) atoms. The number of carbonyl (C=O) groups excluding carboxylic acids is 1. The number of allylic oxidation sites excluding steroid dienone is 2. The lowest BCUT2D eigenvalue weighted by Gasteiger charge is -2.06. The predicted molar refractivity (Wildman–Crippen MR) is 81.4 cm³/mol. The van der Waals surface area contributed by atoms with Crippen molar-refractivity contribution in [2.45, 2.75) is 47.0 Å². The van der Waals surface area contributed by atoms with Crippen LogP contribution in [0.1, 0.15) is 47.0 Å². The number of carbonyl (C=O) groups is 1. The third-order valence-corrected chi connectivity index (χ3v) is 4.52. The van der Waals surface area contributed by atoms with E-state index in [0.29, 0.717) is 5.92 Å². The van der Waals surface area contributed by atoms with Crippen molar-refractivity contribution in [1.29, 1.82) is 0 Å². The number of nitrogens with one attached hydrogen (secondary N) is 1. The first kappa shape index (κ1) is 15.6. The Balaban J connectivity index is 1.61. The van der Waals surface area contributed by atoms with Crippen LogP contribution in [0.5, 0.6) is 0 Å².